The molecule has 2 amide bonds. The first-order valence-corrected chi connectivity index (χ1v) is 7.66. The van der Waals surface area contributed by atoms with Crippen LogP contribution in [0, 0.1) is 0 Å². The molecule has 118 valence electrons. The maximum Gasteiger partial charge on any atom is 0.259 e. The van der Waals surface area contributed by atoms with Crippen LogP contribution in [0.25, 0.3) is 10.9 Å². The van der Waals surface area contributed by atoms with E-state index in [1.165, 1.54) is 11.9 Å². The van der Waals surface area contributed by atoms with E-state index in [9.17, 15) is 9.59 Å². The Morgan fingerprint density at radius 3 is 2.67 bits per heavy atom. The number of aryl methyl sites for hydroxylation is 1. The van der Waals surface area contributed by atoms with Gasteiger partial charge in [0.2, 0.25) is 0 Å². The van der Waals surface area contributed by atoms with Crippen molar-refractivity contribution in [2.45, 2.75) is 13.3 Å². The quantitative estimate of drug-likeness (QED) is 0.726. The molecule has 24 heavy (non-hydrogen) atoms. The number of nitrogens with one attached hydrogen (secondary N) is 2. The van der Waals surface area contributed by atoms with Gasteiger partial charge in [0.15, 0.2) is 0 Å². The number of hydrogen-bond acceptors (Lipinski definition) is 5. The number of nitrogens with zero attached hydrogens (tertiary/aromatic N) is 2. The third-order valence-corrected chi connectivity index (χ3v) is 4.11. The van der Waals surface area contributed by atoms with Crippen molar-refractivity contribution in [2.24, 2.45) is 0 Å². The Balaban J connectivity index is 1.76. The van der Waals surface area contributed by atoms with Crippen LogP contribution in [0.2, 0.25) is 0 Å². The molecule has 2 heterocycles. The van der Waals surface area contributed by atoms with E-state index in [4.69, 9.17) is 0 Å². The highest BCUT2D eigenvalue weighted by atomic mass is 16.2. The molecule has 0 aliphatic carbocycles. The Hall–Kier alpha value is -3.28. The highest BCUT2D eigenvalue weighted by Gasteiger charge is 2.26. The second-order valence-electron chi connectivity index (χ2n) is 5.60. The van der Waals surface area contributed by atoms with Gasteiger partial charge in [0.25, 0.3) is 11.8 Å². The molecule has 1 aliphatic heterocycles. The van der Waals surface area contributed by atoms with E-state index in [1.807, 2.05) is 12.1 Å². The lowest BCUT2D eigenvalue weighted by Crippen LogP contribution is -2.19. The lowest BCUT2D eigenvalue weighted by Gasteiger charge is -2.10. The van der Waals surface area contributed by atoms with Gasteiger partial charge in [0, 0.05) is 11.1 Å². The van der Waals surface area contributed by atoms with Gasteiger partial charge in [0.05, 0.1) is 16.6 Å². The maximum absolute atomic E-state index is 11.8. The molecule has 3 aromatic rings. The zero-order valence-corrected chi connectivity index (χ0v) is 13.0. The first kappa shape index (κ1) is 14.3. The molecule has 1 aliphatic rings. The van der Waals surface area contributed by atoms with E-state index >= 15 is 0 Å². The van der Waals surface area contributed by atoms with Gasteiger partial charge in [-0.2, -0.15) is 0 Å². The Labute approximate surface area is 137 Å². The molecule has 0 saturated heterocycles. The molecular weight excluding hydrogens is 304 g/mol. The minimum absolute atomic E-state index is 0.360. The van der Waals surface area contributed by atoms with E-state index in [1.54, 1.807) is 18.2 Å². The van der Waals surface area contributed by atoms with Gasteiger partial charge in [-0.1, -0.05) is 13.0 Å². The summed E-state index contributed by atoms with van der Waals surface area (Å²) in [5, 5.41) is 6.42. The first-order valence-electron chi connectivity index (χ1n) is 7.66. The van der Waals surface area contributed by atoms with Gasteiger partial charge in [-0.3, -0.25) is 14.9 Å². The molecule has 6 heteroatoms. The fourth-order valence-electron chi connectivity index (χ4n) is 2.81. The summed E-state index contributed by atoms with van der Waals surface area (Å²) in [5.41, 5.74) is 3.50. The Bertz CT molecular complexity index is 997. The molecule has 4 rings (SSSR count). The second-order valence-corrected chi connectivity index (χ2v) is 5.60. The van der Waals surface area contributed by atoms with Gasteiger partial charge in [-0.15, -0.1) is 0 Å². The van der Waals surface area contributed by atoms with E-state index in [2.05, 4.69) is 33.6 Å². The van der Waals surface area contributed by atoms with Gasteiger partial charge in [-0.05, 0) is 42.3 Å². The molecule has 6 nitrogen and oxygen atoms in total. The molecule has 0 bridgehead atoms. The van der Waals surface area contributed by atoms with Crippen molar-refractivity contribution in [3.8, 4) is 0 Å². The van der Waals surface area contributed by atoms with Crippen LogP contribution >= 0.6 is 0 Å². The van der Waals surface area contributed by atoms with Crippen LogP contribution in [0.15, 0.2) is 42.7 Å². The first-order chi connectivity index (χ1) is 11.7. The van der Waals surface area contributed by atoms with Crippen LogP contribution < -0.4 is 10.6 Å². The van der Waals surface area contributed by atoms with Crippen molar-refractivity contribution in [1.29, 1.82) is 0 Å². The largest absolute Gasteiger partial charge is 0.340 e. The average molecular weight is 318 g/mol. The fourth-order valence-corrected chi connectivity index (χ4v) is 2.81. The number of amides is 2. The molecule has 0 saturated carbocycles. The lowest BCUT2D eigenvalue weighted by atomic mass is 10.1. The van der Waals surface area contributed by atoms with Crippen LogP contribution in [0.3, 0.4) is 0 Å². The summed E-state index contributed by atoms with van der Waals surface area (Å²) in [7, 11) is 0. The van der Waals surface area contributed by atoms with Crippen LogP contribution in [-0.4, -0.2) is 21.8 Å². The Kier molecular flexibility index (Phi) is 3.23. The molecule has 0 atom stereocenters. The third-order valence-electron chi connectivity index (χ3n) is 4.11. The molecular formula is C18H14N4O2. The number of anilines is 2. The number of carbonyl (C=O) groups is 2. The molecule has 0 radical (unpaired) electrons. The summed E-state index contributed by atoms with van der Waals surface area (Å²) in [4.78, 5) is 32.0. The SMILES string of the molecule is CCc1ccc2ncnc(Nc3ccc4c(c3)C(=O)NC4=O)c2c1. The average Bonchev–Trinajstić information content (AvgIpc) is 2.89. The Morgan fingerprint density at radius 2 is 1.83 bits per heavy atom. The standard InChI is InChI=1S/C18H14N4O2/c1-2-10-3-6-15-14(7-10)16(20-9-19-15)21-11-4-5-12-13(8-11)18(24)22-17(12)23/h3-9H,2H2,1H3,(H,19,20,21)(H,22,23,24). The number of imide groups is 1. The maximum atomic E-state index is 11.8. The van der Waals surface area contributed by atoms with Crippen molar-refractivity contribution in [3.05, 3.63) is 59.4 Å². The molecule has 0 spiro atoms. The van der Waals surface area contributed by atoms with E-state index in [0.717, 1.165) is 17.3 Å². The van der Waals surface area contributed by atoms with Crippen molar-refractivity contribution in [1.82, 2.24) is 15.3 Å². The van der Waals surface area contributed by atoms with Crippen LogP contribution in [-0.2, 0) is 6.42 Å². The Morgan fingerprint density at radius 1 is 1.00 bits per heavy atom. The normalized spacial score (nSPS) is 13.0. The van der Waals surface area contributed by atoms with Crippen molar-refractivity contribution < 1.29 is 9.59 Å². The zero-order valence-electron chi connectivity index (χ0n) is 13.0. The topological polar surface area (TPSA) is 84.0 Å². The number of aromatic nitrogens is 2. The van der Waals surface area contributed by atoms with Crippen molar-refractivity contribution >= 4 is 34.2 Å². The molecule has 2 N–H and O–H groups in total. The molecule has 2 aromatic carbocycles. The summed E-state index contributed by atoms with van der Waals surface area (Å²) in [6.45, 7) is 2.09. The highest BCUT2D eigenvalue weighted by molar-refractivity contribution is 6.21. The number of benzene rings is 2. The number of fused-ring (bicyclic) bond motifs is 2. The summed E-state index contributed by atoms with van der Waals surface area (Å²) in [6, 6.07) is 11.1. The minimum atomic E-state index is -0.375. The molecule has 0 unspecified atom stereocenters. The highest BCUT2D eigenvalue weighted by Crippen LogP contribution is 2.26. The van der Waals surface area contributed by atoms with E-state index in [-0.39, 0.29) is 11.8 Å². The lowest BCUT2D eigenvalue weighted by molar-refractivity contribution is 0.0879. The smallest absolute Gasteiger partial charge is 0.259 e. The predicted molar refractivity (Wildman–Crippen MR) is 90.4 cm³/mol. The van der Waals surface area contributed by atoms with Crippen molar-refractivity contribution in [2.75, 3.05) is 5.32 Å². The number of carbonyl (C=O) groups excluding carboxylic acids is 2. The second kappa shape index (κ2) is 5.42. The van der Waals surface area contributed by atoms with Gasteiger partial charge < -0.3 is 5.32 Å². The third kappa shape index (κ3) is 2.28. The predicted octanol–water partition coefficient (Wildman–Crippen LogP) is 2.82. The van der Waals surface area contributed by atoms with Gasteiger partial charge in [0.1, 0.15) is 12.1 Å². The number of hydrogen-bond donors (Lipinski definition) is 2. The van der Waals surface area contributed by atoms with E-state index < -0.39 is 0 Å². The molecule has 0 fully saturated rings. The van der Waals surface area contributed by atoms with Gasteiger partial charge >= 0.3 is 0 Å². The minimum Gasteiger partial charge on any atom is -0.340 e. The summed E-state index contributed by atoms with van der Waals surface area (Å²) < 4.78 is 0. The number of rotatable bonds is 3. The monoisotopic (exact) mass is 318 g/mol. The fraction of sp³-hybridized carbons (Fsp3) is 0.111. The summed E-state index contributed by atoms with van der Waals surface area (Å²) in [6.07, 6.45) is 2.42. The molecule has 1 aromatic heterocycles. The summed E-state index contributed by atoms with van der Waals surface area (Å²) >= 11 is 0. The summed E-state index contributed by atoms with van der Waals surface area (Å²) in [5.74, 6) is -0.0685. The van der Waals surface area contributed by atoms with Crippen molar-refractivity contribution in [3.63, 3.8) is 0 Å². The van der Waals surface area contributed by atoms with Gasteiger partial charge in [-0.25, -0.2) is 9.97 Å². The van der Waals surface area contributed by atoms with Crippen LogP contribution in [0.5, 0.6) is 0 Å². The van der Waals surface area contributed by atoms with E-state index in [0.29, 0.717) is 22.6 Å². The van der Waals surface area contributed by atoms with Crippen LogP contribution in [0.4, 0.5) is 11.5 Å². The zero-order chi connectivity index (χ0) is 16.7. The van der Waals surface area contributed by atoms with Crippen LogP contribution in [0.1, 0.15) is 33.2 Å².